The van der Waals surface area contributed by atoms with Crippen LogP contribution in [0.3, 0.4) is 0 Å². The van der Waals surface area contributed by atoms with Crippen LogP contribution in [0.4, 0.5) is 4.39 Å². The first-order valence-electron chi connectivity index (χ1n) is 6.15. The molecular weight excluding hydrogens is 263 g/mol. The number of hydrogen-bond donors (Lipinski definition) is 1. The van der Waals surface area contributed by atoms with Crippen LogP contribution >= 0.6 is 11.8 Å². The third-order valence-electron chi connectivity index (χ3n) is 3.22. The molecule has 100 valence electrons. The monoisotopic (exact) mass is 278 g/mol. The topological polar surface area (TPSA) is 52.9 Å². The Morgan fingerprint density at radius 2 is 2.26 bits per heavy atom. The van der Waals surface area contributed by atoms with E-state index >= 15 is 0 Å². The van der Waals surface area contributed by atoms with Gasteiger partial charge in [0.15, 0.2) is 0 Å². The van der Waals surface area contributed by atoms with Gasteiger partial charge in [-0.1, -0.05) is 12.1 Å². The maximum absolute atomic E-state index is 13.4. The Morgan fingerprint density at radius 3 is 2.84 bits per heavy atom. The third-order valence-corrected chi connectivity index (χ3v) is 4.27. The molecule has 5 heteroatoms. The summed E-state index contributed by atoms with van der Waals surface area (Å²) in [6, 6.07) is 8.51. The zero-order valence-electron chi connectivity index (χ0n) is 10.6. The number of nitriles is 1. The van der Waals surface area contributed by atoms with Crippen molar-refractivity contribution < 1.29 is 9.18 Å². The summed E-state index contributed by atoms with van der Waals surface area (Å²) in [6.45, 7) is 1.75. The van der Waals surface area contributed by atoms with Gasteiger partial charge in [-0.2, -0.15) is 5.26 Å². The summed E-state index contributed by atoms with van der Waals surface area (Å²) in [5.74, 6) is -0.195. The van der Waals surface area contributed by atoms with E-state index in [0.717, 1.165) is 24.6 Å². The lowest BCUT2D eigenvalue weighted by molar-refractivity contribution is -0.119. The first-order chi connectivity index (χ1) is 9.05. The molecule has 1 atom stereocenters. The van der Waals surface area contributed by atoms with E-state index in [-0.39, 0.29) is 23.4 Å². The van der Waals surface area contributed by atoms with Crippen LogP contribution in [0.25, 0.3) is 0 Å². The van der Waals surface area contributed by atoms with Gasteiger partial charge >= 0.3 is 0 Å². The fourth-order valence-corrected chi connectivity index (χ4v) is 2.65. The molecule has 1 N–H and O–H groups in total. The number of carbonyl (C=O) groups is 1. The van der Waals surface area contributed by atoms with Crippen molar-refractivity contribution in [1.82, 2.24) is 5.32 Å². The minimum Gasteiger partial charge on any atom is -0.337 e. The van der Waals surface area contributed by atoms with Crippen LogP contribution < -0.4 is 5.32 Å². The van der Waals surface area contributed by atoms with E-state index in [1.54, 1.807) is 25.1 Å². The van der Waals surface area contributed by atoms with Crippen molar-refractivity contribution in [3.63, 3.8) is 0 Å². The number of nitrogens with zero attached hydrogens (tertiary/aromatic N) is 1. The van der Waals surface area contributed by atoms with Gasteiger partial charge in [0.05, 0.1) is 11.8 Å². The van der Waals surface area contributed by atoms with E-state index in [2.05, 4.69) is 11.4 Å². The standard InChI is InChI=1S/C14H15FN2OS/c1-14(9-16,10-6-7-10)17-13(18)8-19-12-5-3-2-4-11(12)15/h2-5,10H,6-8H2,1H3,(H,17,18)/t14-/m0/s1. The van der Waals surface area contributed by atoms with Crippen LogP contribution in [0, 0.1) is 23.1 Å². The second kappa shape index (κ2) is 5.62. The van der Waals surface area contributed by atoms with Crippen LogP contribution in [0.2, 0.25) is 0 Å². The highest BCUT2D eigenvalue weighted by atomic mass is 32.2. The molecule has 0 spiro atoms. The number of carbonyl (C=O) groups excluding carboxylic acids is 1. The van der Waals surface area contributed by atoms with E-state index in [9.17, 15) is 9.18 Å². The highest BCUT2D eigenvalue weighted by Gasteiger charge is 2.42. The fourth-order valence-electron chi connectivity index (χ4n) is 1.91. The minimum atomic E-state index is -0.785. The van der Waals surface area contributed by atoms with E-state index in [1.165, 1.54) is 6.07 Å². The molecule has 1 aliphatic rings. The van der Waals surface area contributed by atoms with Crippen LogP contribution in [0.5, 0.6) is 0 Å². The van der Waals surface area contributed by atoms with Gasteiger partial charge in [-0.15, -0.1) is 11.8 Å². The summed E-state index contributed by atoms with van der Waals surface area (Å²) in [6.07, 6.45) is 1.95. The van der Waals surface area contributed by atoms with E-state index in [1.807, 2.05) is 0 Å². The van der Waals surface area contributed by atoms with E-state index < -0.39 is 5.54 Å². The molecule has 3 nitrogen and oxygen atoms in total. The Balaban J connectivity index is 1.88. The average Bonchev–Trinajstić information content (AvgIpc) is 3.22. The Morgan fingerprint density at radius 1 is 1.58 bits per heavy atom. The zero-order chi connectivity index (χ0) is 13.9. The predicted octanol–water partition coefficient (Wildman–Crippen LogP) is 2.73. The number of amides is 1. The Bertz CT molecular complexity index is 524. The zero-order valence-corrected chi connectivity index (χ0v) is 11.5. The number of rotatable bonds is 5. The van der Waals surface area contributed by atoms with Crippen molar-refractivity contribution in [1.29, 1.82) is 5.26 Å². The molecule has 0 unspecified atom stereocenters. The number of nitrogens with one attached hydrogen (secondary N) is 1. The molecule has 1 saturated carbocycles. The molecule has 0 aromatic heterocycles. The van der Waals surface area contributed by atoms with Crippen LogP contribution in [0.1, 0.15) is 19.8 Å². The normalized spacial score (nSPS) is 17.3. The van der Waals surface area contributed by atoms with Gasteiger partial charge in [0.25, 0.3) is 0 Å². The second-order valence-electron chi connectivity index (χ2n) is 4.86. The van der Waals surface area contributed by atoms with Gasteiger partial charge in [0.2, 0.25) is 5.91 Å². The molecule has 0 saturated heterocycles. The largest absolute Gasteiger partial charge is 0.337 e. The highest BCUT2D eigenvalue weighted by molar-refractivity contribution is 8.00. The summed E-state index contributed by atoms with van der Waals surface area (Å²) in [4.78, 5) is 12.3. The fraction of sp³-hybridized carbons (Fsp3) is 0.429. The van der Waals surface area contributed by atoms with Crippen molar-refractivity contribution in [3.05, 3.63) is 30.1 Å². The van der Waals surface area contributed by atoms with Gasteiger partial charge in [0, 0.05) is 4.90 Å². The van der Waals surface area contributed by atoms with Crippen molar-refractivity contribution in [3.8, 4) is 6.07 Å². The predicted molar refractivity (Wildman–Crippen MR) is 72.0 cm³/mol. The summed E-state index contributed by atoms with van der Waals surface area (Å²) in [5.41, 5.74) is -0.785. The van der Waals surface area contributed by atoms with E-state index in [4.69, 9.17) is 5.26 Å². The smallest absolute Gasteiger partial charge is 0.231 e. The maximum Gasteiger partial charge on any atom is 0.231 e. The third kappa shape index (κ3) is 3.48. The molecule has 1 aromatic rings. The molecule has 0 bridgehead atoms. The average molecular weight is 278 g/mol. The Labute approximate surface area is 116 Å². The summed E-state index contributed by atoms with van der Waals surface area (Å²) in [5, 5.41) is 11.9. The summed E-state index contributed by atoms with van der Waals surface area (Å²) >= 11 is 1.14. The van der Waals surface area contributed by atoms with Gasteiger partial charge in [0.1, 0.15) is 11.4 Å². The van der Waals surface area contributed by atoms with Crippen molar-refractivity contribution in [2.75, 3.05) is 5.75 Å². The van der Waals surface area contributed by atoms with Crippen molar-refractivity contribution >= 4 is 17.7 Å². The number of benzene rings is 1. The quantitative estimate of drug-likeness (QED) is 0.843. The molecule has 1 fully saturated rings. The molecule has 1 amide bonds. The van der Waals surface area contributed by atoms with Gasteiger partial charge < -0.3 is 5.32 Å². The lowest BCUT2D eigenvalue weighted by atomic mass is 9.98. The number of hydrogen-bond acceptors (Lipinski definition) is 3. The summed E-state index contributed by atoms with van der Waals surface area (Å²) in [7, 11) is 0. The molecule has 0 aliphatic heterocycles. The van der Waals surface area contributed by atoms with E-state index in [0.29, 0.717) is 4.90 Å². The maximum atomic E-state index is 13.4. The van der Waals surface area contributed by atoms with Crippen LogP contribution in [-0.4, -0.2) is 17.2 Å². The number of thioether (sulfide) groups is 1. The molecule has 2 rings (SSSR count). The van der Waals surface area contributed by atoms with Gasteiger partial charge in [-0.25, -0.2) is 4.39 Å². The molecule has 1 aromatic carbocycles. The lowest BCUT2D eigenvalue weighted by Gasteiger charge is -2.22. The van der Waals surface area contributed by atoms with Gasteiger partial charge in [-0.05, 0) is 37.8 Å². The van der Waals surface area contributed by atoms with Crippen molar-refractivity contribution in [2.45, 2.75) is 30.2 Å². The molecule has 0 radical (unpaired) electrons. The molecule has 1 aliphatic carbocycles. The lowest BCUT2D eigenvalue weighted by Crippen LogP contribution is -2.47. The molecular formula is C14H15FN2OS. The first kappa shape index (κ1) is 13.9. The first-order valence-corrected chi connectivity index (χ1v) is 7.13. The Hall–Kier alpha value is -1.54. The molecule has 19 heavy (non-hydrogen) atoms. The minimum absolute atomic E-state index is 0.116. The Kier molecular flexibility index (Phi) is 4.11. The highest BCUT2D eigenvalue weighted by Crippen LogP contribution is 2.39. The van der Waals surface area contributed by atoms with Crippen LogP contribution in [0.15, 0.2) is 29.2 Å². The second-order valence-corrected chi connectivity index (χ2v) is 5.87. The SMILES string of the molecule is C[C@@](C#N)(NC(=O)CSc1ccccc1F)C1CC1. The van der Waals surface area contributed by atoms with Crippen LogP contribution in [-0.2, 0) is 4.79 Å². The summed E-state index contributed by atoms with van der Waals surface area (Å²) < 4.78 is 13.4. The number of halogens is 1. The molecule has 0 heterocycles. The van der Waals surface area contributed by atoms with Crippen molar-refractivity contribution in [2.24, 2.45) is 5.92 Å². The van der Waals surface area contributed by atoms with Gasteiger partial charge in [-0.3, -0.25) is 4.79 Å².